The molecule has 0 fully saturated rings. The Morgan fingerprint density at radius 1 is 0.889 bits per heavy atom. The van der Waals surface area contributed by atoms with Gasteiger partial charge in [0.05, 0.1) is 0 Å². The Balaban J connectivity index is 2.38. The van der Waals surface area contributed by atoms with Crippen LogP contribution in [0.4, 0.5) is 0 Å². The molecule has 0 amide bonds. The summed E-state index contributed by atoms with van der Waals surface area (Å²) in [6.45, 7) is 6.34. The summed E-state index contributed by atoms with van der Waals surface area (Å²) < 4.78 is 0. The molecule has 92 valence electrons. The second kappa shape index (κ2) is 5.09. The van der Waals surface area contributed by atoms with E-state index >= 15 is 0 Å². The minimum Gasteiger partial charge on any atom is -0.507 e. The number of benzene rings is 2. The van der Waals surface area contributed by atoms with Gasteiger partial charge in [-0.25, -0.2) is 0 Å². The van der Waals surface area contributed by atoms with E-state index in [-0.39, 0.29) is 0 Å². The molecular formula is C17H18O. The van der Waals surface area contributed by atoms with Gasteiger partial charge < -0.3 is 5.11 Å². The summed E-state index contributed by atoms with van der Waals surface area (Å²) in [6, 6.07) is 11.7. The fraction of sp³-hybridized carbons (Fsp3) is 0.176. The maximum atomic E-state index is 9.72. The zero-order valence-electron chi connectivity index (χ0n) is 11.1. The van der Waals surface area contributed by atoms with Crippen molar-refractivity contribution in [3.05, 3.63) is 64.2 Å². The van der Waals surface area contributed by atoms with E-state index < -0.39 is 0 Å². The van der Waals surface area contributed by atoms with Gasteiger partial charge in [-0.3, -0.25) is 0 Å². The molecule has 0 radical (unpaired) electrons. The zero-order valence-corrected chi connectivity index (χ0v) is 11.1. The predicted octanol–water partition coefficient (Wildman–Crippen LogP) is 4.49. The van der Waals surface area contributed by atoms with Gasteiger partial charge in [-0.1, -0.05) is 48.0 Å². The molecule has 0 saturated heterocycles. The summed E-state index contributed by atoms with van der Waals surface area (Å²) in [7, 11) is 0. The summed E-state index contributed by atoms with van der Waals surface area (Å²) in [5, 5.41) is 9.72. The molecule has 0 atom stereocenters. The Hall–Kier alpha value is -2.02. The lowest BCUT2D eigenvalue weighted by molar-refractivity contribution is 0.474. The van der Waals surface area contributed by atoms with Crippen molar-refractivity contribution in [2.24, 2.45) is 0 Å². The lowest BCUT2D eigenvalue weighted by atomic mass is 9.99. The summed E-state index contributed by atoms with van der Waals surface area (Å²) in [4.78, 5) is 0. The quantitative estimate of drug-likeness (QED) is 0.764. The number of hydrogen-bond donors (Lipinski definition) is 1. The number of rotatable bonds is 2. The van der Waals surface area contributed by atoms with Crippen molar-refractivity contribution in [3.63, 3.8) is 0 Å². The Bertz CT molecular complexity index is 571. The van der Waals surface area contributed by atoms with Gasteiger partial charge in [-0.05, 0) is 43.5 Å². The molecule has 18 heavy (non-hydrogen) atoms. The van der Waals surface area contributed by atoms with Gasteiger partial charge in [0, 0.05) is 5.56 Å². The van der Waals surface area contributed by atoms with Crippen LogP contribution in [0.15, 0.2) is 36.4 Å². The molecule has 2 aromatic carbocycles. The number of para-hydroxylation sites is 1. The van der Waals surface area contributed by atoms with E-state index in [0.717, 1.165) is 5.56 Å². The summed E-state index contributed by atoms with van der Waals surface area (Å²) >= 11 is 0. The van der Waals surface area contributed by atoms with Gasteiger partial charge in [0.1, 0.15) is 5.75 Å². The van der Waals surface area contributed by atoms with Gasteiger partial charge in [-0.15, -0.1) is 0 Å². The lowest BCUT2D eigenvalue weighted by Crippen LogP contribution is -1.88. The van der Waals surface area contributed by atoms with Crippen LogP contribution in [0.3, 0.4) is 0 Å². The number of aromatic hydroxyl groups is 1. The fourth-order valence-corrected chi connectivity index (χ4v) is 2.26. The first-order valence-electron chi connectivity index (χ1n) is 6.12. The van der Waals surface area contributed by atoms with Gasteiger partial charge in [0.25, 0.3) is 0 Å². The summed E-state index contributed by atoms with van der Waals surface area (Å²) in [6.07, 6.45) is 4.03. The molecule has 0 aliphatic carbocycles. The predicted molar refractivity (Wildman–Crippen MR) is 77.7 cm³/mol. The van der Waals surface area contributed by atoms with E-state index in [4.69, 9.17) is 0 Å². The van der Waals surface area contributed by atoms with Gasteiger partial charge in [0.2, 0.25) is 0 Å². The molecule has 0 aliphatic rings. The van der Waals surface area contributed by atoms with Crippen molar-refractivity contribution in [2.75, 3.05) is 0 Å². The largest absolute Gasteiger partial charge is 0.507 e. The second-order valence-corrected chi connectivity index (χ2v) is 4.70. The highest BCUT2D eigenvalue weighted by Crippen LogP contribution is 2.22. The highest BCUT2D eigenvalue weighted by atomic mass is 16.3. The molecule has 0 bridgehead atoms. The number of hydrogen-bond acceptors (Lipinski definition) is 1. The lowest BCUT2D eigenvalue weighted by Gasteiger charge is -2.07. The van der Waals surface area contributed by atoms with Crippen molar-refractivity contribution in [1.29, 1.82) is 0 Å². The molecule has 0 spiro atoms. The fourth-order valence-electron chi connectivity index (χ4n) is 2.26. The Morgan fingerprint density at radius 3 is 2.11 bits per heavy atom. The van der Waals surface area contributed by atoms with Crippen molar-refractivity contribution in [1.82, 2.24) is 0 Å². The van der Waals surface area contributed by atoms with E-state index in [1.165, 1.54) is 22.3 Å². The third-order valence-corrected chi connectivity index (χ3v) is 3.10. The van der Waals surface area contributed by atoms with Crippen molar-refractivity contribution in [2.45, 2.75) is 20.8 Å². The Kier molecular flexibility index (Phi) is 3.52. The maximum Gasteiger partial charge on any atom is 0.122 e. The van der Waals surface area contributed by atoms with Crippen LogP contribution in [-0.2, 0) is 0 Å². The normalized spacial score (nSPS) is 11.1. The van der Waals surface area contributed by atoms with Crippen LogP contribution in [-0.4, -0.2) is 5.11 Å². The van der Waals surface area contributed by atoms with Crippen LogP contribution in [0.5, 0.6) is 5.75 Å². The number of aryl methyl sites for hydroxylation is 3. The standard InChI is InChI=1S/C17H18O/c1-12-10-13(2)16(14(3)11-12)9-8-15-6-4-5-7-17(15)18/h4-11,18H,1-3H3/b9-8+. The first-order valence-corrected chi connectivity index (χ1v) is 6.12. The Labute approximate surface area is 108 Å². The van der Waals surface area contributed by atoms with E-state index in [1.54, 1.807) is 6.07 Å². The van der Waals surface area contributed by atoms with Crippen LogP contribution in [0.25, 0.3) is 12.2 Å². The third-order valence-electron chi connectivity index (χ3n) is 3.10. The molecule has 0 aromatic heterocycles. The minimum atomic E-state index is 0.316. The van der Waals surface area contributed by atoms with E-state index in [1.807, 2.05) is 24.3 Å². The average molecular weight is 238 g/mol. The molecule has 1 N–H and O–H groups in total. The topological polar surface area (TPSA) is 20.2 Å². The molecule has 0 aliphatic heterocycles. The summed E-state index contributed by atoms with van der Waals surface area (Å²) in [5.74, 6) is 0.316. The van der Waals surface area contributed by atoms with Crippen LogP contribution in [0, 0.1) is 20.8 Å². The highest BCUT2D eigenvalue weighted by Gasteiger charge is 2.01. The van der Waals surface area contributed by atoms with Crippen LogP contribution in [0.2, 0.25) is 0 Å². The summed E-state index contributed by atoms with van der Waals surface area (Å²) in [5.41, 5.74) is 5.88. The van der Waals surface area contributed by atoms with Gasteiger partial charge in [-0.2, -0.15) is 0 Å². The maximum absolute atomic E-state index is 9.72. The highest BCUT2D eigenvalue weighted by molar-refractivity contribution is 5.75. The minimum absolute atomic E-state index is 0.316. The number of phenolic OH excluding ortho intramolecular Hbond substituents is 1. The van der Waals surface area contributed by atoms with E-state index in [9.17, 15) is 5.11 Å². The van der Waals surface area contributed by atoms with Crippen LogP contribution >= 0.6 is 0 Å². The first kappa shape index (κ1) is 12.4. The zero-order chi connectivity index (χ0) is 13.1. The molecule has 0 unspecified atom stereocenters. The smallest absolute Gasteiger partial charge is 0.122 e. The SMILES string of the molecule is Cc1cc(C)c(/C=C/c2ccccc2O)c(C)c1. The van der Waals surface area contributed by atoms with E-state index in [0.29, 0.717) is 5.75 Å². The molecule has 0 heterocycles. The van der Waals surface area contributed by atoms with E-state index in [2.05, 4.69) is 39.0 Å². The third kappa shape index (κ3) is 2.62. The van der Waals surface area contributed by atoms with Gasteiger partial charge in [0.15, 0.2) is 0 Å². The first-order chi connectivity index (χ1) is 8.58. The van der Waals surface area contributed by atoms with Crippen LogP contribution < -0.4 is 0 Å². The van der Waals surface area contributed by atoms with Crippen LogP contribution in [0.1, 0.15) is 27.8 Å². The molecule has 1 nitrogen and oxygen atoms in total. The van der Waals surface area contributed by atoms with Crippen molar-refractivity contribution >= 4 is 12.2 Å². The second-order valence-electron chi connectivity index (χ2n) is 4.70. The molecule has 2 aromatic rings. The Morgan fingerprint density at radius 2 is 1.50 bits per heavy atom. The molecule has 2 rings (SSSR count). The number of phenols is 1. The van der Waals surface area contributed by atoms with Crippen molar-refractivity contribution in [3.8, 4) is 5.75 Å². The molecule has 1 heteroatoms. The van der Waals surface area contributed by atoms with Crippen molar-refractivity contribution < 1.29 is 5.11 Å². The average Bonchev–Trinajstić information content (AvgIpc) is 2.30. The molecule has 0 saturated carbocycles. The molecular weight excluding hydrogens is 220 g/mol. The van der Waals surface area contributed by atoms with Gasteiger partial charge >= 0.3 is 0 Å². The monoisotopic (exact) mass is 238 g/mol.